The highest BCUT2D eigenvalue weighted by atomic mass is 35.5. The van der Waals surface area contributed by atoms with Gasteiger partial charge in [-0.05, 0) is 59.4 Å². The van der Waals surface area contributed by atoms with Crippen LogP contribution in [0.15, 0.2) is 59.4 Å². The average molecular weight is 440 g/mol. The van der Waals surface area contributed by atoms with Crippen LogP contribution in [0.4, 0.5) is 0 Å². The number of nitrogens with one attached hydrogen (secondary N) is 1. The number of H-pyrrole nitrogens is 1. The molecule has 6 heteroatoms. The van der Waals surface area contributed by atoms with Crippen molar-refractivity contribution in [2.24, 2.45) is 0 Å². The van der Waals surface area contributed by atoms with Crippen molar-refractivity contribution in [3.8, 4) is 0 Å². The first kappa shape index (κ1) is 19.7. The molecule has 0 radical (unpaired) electrons. The van der Waals surface area contributed by atoms with Crippen LogP contribution in [0.1, 0.15) is 36.1 Å². The van der Waals surface area contributed by atoms with E-state index in [9.17, 15) is 4.79 Å². The number of hydrogen-bond donors (Lipinski definition) is 1. The zero-order chi connectivity index (χ0) is 19.5. The van der Waals surface area contributed by atoms with E-state index < -0.39 is 0 Å². The highest BCUT2D eigenvalue weighted by Crippen LogP contribution is 2.45. The van der Waals surface area contributed by atoms with E-state index in [2.05, 4.69) is 34.1 Å². The monoisotopic (exact) mass is 439 g/mol. The summed E-state index contributed by atoms with van der Waals surface area (Å²) in [5, 5.41) is 3.51. The average Bonchev–Trinajstić information content (AvgIpc) is 3.30. The minimum Gasteiger partial charge on any atom is -0.306 e. The molecular formula is C24H23Cl2N3O. The third-order valence-electron chi connectivity index (χ3n) is 6.79. The van der Waals surface area contributed by atoms with Crippen molar-refractivity contribution >= 4 is 45.8 Å². The fourth-order valence-corrected chi connectivity index (χ4v) is 5.75. The van der Waals surface area contributed by atoms with Crippen LogP contribution in [0.3, 0.4) is 0 Å². The minimum atomic E-state index is 0. The molecule has 1 atom stereocenters. The van der Waals surface area contributed by atoms with Gasteiger partial charge in [0, 0.05) is 30.2 Å². The van der Waals surface area contributed by atoms with Crippen LogP contribution in [-0.4, -0.2) is 27.5 Å². The normalized spacial score (nSPS) is 19.4. The maximum absolute atomic E-state index is 12.6. The number of rotatable bonds is 2. The van der Waals surface area contributed by atoms with E-state index in [4.69, 9.17) is 11.6 Å². The molecule has 1 aromatic heterocycles. The van der Waals surface area contributed by atoms with Crippen molar-refractivity contribution in [2.75, 3.05) is 13.1 Å². The summed E-state index contributed by atoms with van der Waals surface area (Å²) in [7, 11) is 0. The lowest BCUT2D eigenvalue weighted by Gasteiger charge is -2.37. The number of halogens is 2. The van der Waals surface area contributed by atoms with Gasteiger partial charge in [-0.25, -0.2) is 4.79 Å². The van der Waals surface area contributed by atoms with Gasteiger partial charge < -0.3 is 4.98 Å². The van der Waals surface area contributed by atoms with Gasteiger partial charge in [0.25, 0.3) is 0 Å². The van der Waals surface area contributed by atoms with Gasteiger partial charge in [-0.3, -0.25) is 9.47 Å². The molecule has 1 fully saturated rings. The maximum atomic E-state index is 12.6. The quantitative estimate of drug-likeness (QED) is 0.448. The Kier molecular flexibility index (Phi) is 4.89. The molecule has 2 aliphatic rings. The van der Waals surface area contributed by atoms with Crippen molar-refractivity contribution in [1.29, 1.82) is 0 Å². The van der Waals surface area contributed by atoms with Crippen LogP contribution in [0.2, 0.25) is 5.02 Å². The van der Waals surface area contributed by atoms with Crippen molar-refractivity contribution in [3.05, 3.63) is 81.2 Å². The number of aromatic amines is 1. The molecule has 1 N–H and O–H groups in total. The summed E-state index contributed by atoms with van der Waals surface area (Å²) >= 11 is 6.67. The third kappa shape index (κ3) is 2.89. The molecule has 1 unspecified atom stereocenters. The summed E-state index contributed by atoms with van der Waals surface area (Å²) in [6.45, 7) is 1.95. The number of hydrogen-bond acceptors (Lipinski definition) is 2. The molecule has 30 heavy (non-hydrogen) atoms. The van der Waals surface area contributed by atoms with E-state index in [0.717, 1.165) is 48.4 Å². The van der Waals surface area contributed by atoms with E-state index in [1.165, 1.54) is 21.9 Å². The molecular weight excluding hydrogens is 417 g/mol. The molecule has 4 aromatic rings. The number of likely N-dealkylation sites (tertiary alicyclic amines) is 1. The molecule has 0 bridgehead atoms. The molecule has 6 rings (SSSR count). The molecule has 1 saturated heterocycles. The van der Waals surface area contributed by atoms with Gasteiger partial charge >= 0.3 is 5.69 Å². The summed E-state index contributed by atoms with van der Waals surface area (Å²) in [6, 6.07) is 19.3. The van der Waals surface area contributed by atoms with Gasteiger partial charge in [0.05, 0.1) is 11.0 Å². The topological polar surface area (TPSA) is 41.0 Å². The summed E-state index contributed by atoms with van der Waals surface area (Å²) in [4.78, 5) is 18.1. The lowest BCUT2D eigenvalue weighted by molar-refractivity contribution is 0.137. The lowest BCUT2D eigenvalue weighted by Crippen LogP contribution is -2.39. The number of para-hydroxylation sites is 2. The van der Waals surface area contributed by atoms with Gasteiger partial charge in [-0.1, -0.05) is 48.0 Å². The standard InChI is InChI=1S/C24H22ClN3O.ClH/c25-18-9-8-15-4-3-5-16-14-21(23(18)22(15)16)27-12-10-17(11-13-27)28-20-7-2-1-6-19(20)26-24(28)29;/h1-9,17,21H,10-14H2,(H,26,29);1H. The van der Waals surface area contributed by atoms with Crippen LogP contribution >= 0.6 is 24.0 Å². The predicted molar refractivity (Wildman–Crippen MR) is 125 cm³/mol. The fourth-order valence-electron chi connectivity index (χ4n) is 5.47. The number of nitrogens with zero attached hydrogens (tertiary/aromatic N) is 2. The van der Waals surface area contributed by atoms with Gasteiger partial charge in [-0.15, -0.1) is 12.4 Å². The second-order valence-corrected chi connectivity index (χ2v) is 8.69. The van der Waals surface area contributed by atoms with E-state index >= 15 is 0 Å². The van der Waals surface area contributed by atoms with Crippen LogP contribution in [0, 0.1) is 0 Å². The predicted octanol–water partition coefficient (Wildman–Crippen LogP) is 5.49. The molecule has 3 aromatic carbocycles. The zero-order valence-electron chi connectivity index (χ0n) is 16.5. The van der Waals surface area contributed by atoms with Crippen molar-refractivity contribution in [1.82, 2.24) is 14.5 Å². The second kappa shape index (κ2) is 7.45. The Morgan fingerprint density at radius 1 is 0.967 bits per heavy atom. The Bertz CT molecular complexity index is 1300. The molecule has 1 aliphatic carbocycles. The van der Waals surface area contributed by atoms with Gasteiger partial charge in [0.2, 0.25) is 0 Å². The van der Waals surface area contributed by atoms with Gasteiger partial charge in [0.15, 0.2) is 0 Å². The Morgan fingerprint density at radius 2 is 1.77 bits per heavy atom. The molecule has 0 saturated carbocycles. The van der Waals surface area contributed by atoms with E-state index in [1.54, 1.807) is 0 Å². The van der Waals surface area contributed by atoms with Crippen LogP contribution in [0.25, 0.3) is 21.8 Å². The van der Waals surface area contributed by atoms with Gasteiger partial charge in [0.1, 0.15) is 0 Å². The number of aromatic nitrogens is 2. The number of piperidine rings is 1. The molecule has 1 aliphatic heterocycles. The molecule has 4 nitrogen and oxygen atoms in total. The molecule has 154 valence electrons. The highest BCUT2D eigenvalue weighted by molar-refractivity contribution is 6.32. The van der Waals surface area contributed by atoms with Crippen LogP contribution < -0.4 is 5.69 Å². The number of benzene rings is 3. The molecule has 0 spiro atoms. The van der Waals surface area contributed by atoms with E-state index in [0.29, 0.717) is 6.04 Å². The van der Waals surface area contributed by atoms with E-state index in [-0.39, 0.29) is 24.1 Å². The minimum absolute atomic E-state index is 0. The summed E-state index contributed by atoms with van der Waals surface area (Å²) in [5.41, 5.74) is 4.63. The number of fused-ring (bicyclic) bond motifs is 1. The van der Waals surface area contributed by atoms with Crippen molar-refractivity contribution < 1.29 is 0 Å². The first-order valence-corrected chi connectivity index (χ1v) is 10.7. The van der Waals surface area contributed by atoms with Crippen LogP contribution in [-0.2, 0) is 6.42 Å². The van der Waals surface area contributed by atoms with Gasteiger partial charge in [-0.2, -0.15) is 0 Å². The first-order chi connectivity index (χ1) is 14.2. The third-order valence-corrected chi connectivity index (χ3v) is 7.12. The molecule has 0 amide bonds. The largest absolute Gasteiger partial charge is 0.326 e. The lowest BCUT2D eigenvalue weighted by atomic mass is 9.99. The Morgan fingerprint density at radius 3 is 2.60 bits per heavy atom. The zero-order valence-corrected chi connectivity index (χ0v) is 18.0. The van der Waals surface area contributed by atoms with Crippen LogP contribution in [0.5, 0.6) is 0 Å². The highest BCUT2D eigenvalue weighted by Gasteiger charge is 2.34. The van der Waals surface area contributed by atoms with E-state index in [1.807, 2.05) is 34.9 Å². The second-order valence-electron chi connectivity index (χ2n) is 8.28. The number of imidazole rings is 1. The Balaban J connectivity index is 0.00000193. The summed E-state index contributed by atoms with van der Waals surface area (Å²) < 4.78 is 1.96. The van der Waals surface area contributed by atoms with Crippen molar-refractivity contribution in [2.45, 2.75) is 31.3 Å². The summed E-state index contributed by atoms with van der Waals surface area (Å²) in [5.74, 6) is 0. The SMILES string of the molecule is Cl.O=c1[nH]c2ccccc2n1C1CCN(C2Cc3cccc4ccc(Cl)c2c34)CC1. The Hall–Kier alpha value is -2.27. The summed E-state index contributed by atoms with van der Waals surface area (Å²) in [6.07, 6.45) is 2.97. The fraction of sp³-hybridized carbons (Fsp3) is 0.292. The smallest absolute Gasteiger partial charge is 0.306 e. The first-order valence-electron chi connectivity index (χ1n) is 10.3. The Labute approximate surface area is 185 Å². The maximum Gasteiger partial charge on any atom is 0.326 e. The van der Waals surface area contributed by atoms with Crippen molar-refractivity contribution in [3.63, 3.8) is 0 Å². The molecule has 2 heterocycles.